The van der Waals surface area contributed by atoms with E-state index in [1.807, 2.05) is 12.1 Å². The van der Waals surface area contributed by atoms with E-state index in [0.717, 1.165) is 5.56 Å². The summed E-state index contributed by atoms with van der Waals surface area (Å²) in [5.41, 5.74) is 1.02. The number of methoxy groups -OCH3 is 5. The second-order valence-electron chi connectivity index (χ2n) is 4.07. The summed E-state index contributed by atoms with van der Waals surface area (Å²) in [6, 6.07) is 3.81. The van der Waals surface area contributed by atoms with Gasteiger partial charge in [0.25, 0.3) is 0 Å². The first kappa shape index (κ1) is 16.6. The minimum Gasteiger partial charge on any atom is -0.493 e. The van der Waals surface area contributed by atoms with Crippen LogP contribution in [-0.4, -0.2) is 48.4 Å². The number of hydrogen-bond acceptors (Lipinski definition) is 6. The summed E-state index contributed by atoms with van der Waals surface area (Å²) >= 11 is 0. The maximum Gasteiger partial charge on any atom is 0.203 e. The van der Waals surface area contributed by atoms with E-state index in [2.05, 4.69) is 5.32 Å². The van der Waals surface area contributed by atoms with Crippen molar-refractivity contribution in [3.63, 3.8) is 0 Å². The fraction of sp³-hybridized carbons (Fsp3) is 0.571. The number of hydrogen-bond donors (Lipinski definition) is 1. The largest absolute Gasteiger partial charge is 0.493 e. The molecule has 0 saturated heterocycles. The third-order valence-corrected chi connectivity index (χ3v) is 2.89. The Morgan fingerprint density at radius 3 is 1.85 bits per heavy atom. The lowest BCUT2D eigenvalue weighted by atomic mass is 10.1. The van der Waals surface area contributed by atoms with E-state index in [0.29, 0.717) is 30.3 Å². The molecule has 1 rings (SSSR count). The predicted molar refractivity (Wildman–Crippen MR) is 75.6 cm³/mol. The van der Waals surface area contributed by atoms with E-state index in [-0.39, 0.29) is 6.29 Å². The highest BCUT2D eigenvalue weighted by molar-refractivity contribution is 5.53. The standard InChI is InChI=1S/C14H23NO5/c1-16-11-6-10(7-12(17-2)14(11)20-5)8-15-9-13(18-3)19-4/h6-7,13,15H,8-9H2,1-5H3. The van der Waals surface area contributed by atoms with E-state index in [1.54, 1.807) is 35.5 Å². The van der Waals surface area contributed by atoms with Crippen molar-refractivity contribution in [3.05, 3.63) is 17.7 Å². The van der Waals surface area contributed by atoms with E-state index in [4.69, 9.17) is 23.7 Å². The molecule has 0 bridgehead atoms. The van der Waals surface area contributed by atoms with Gasteiger partial charge in [-0.1, -0.05) is 0 Å². The van der Waals surface area contributed by atoms with Crippen LogP contribution in [0.4, 0.5) is 0 Å². The second-order valence-corrected chi connectivity index (χ2v) is 4.07. The molecule has 6 nitrogen and oxygen atoms in total. The quantitative estimate of drug-likeness (QED) is 0.693. The lowest BCUT2D eigenvalue weighted by Gasteiger charge is -2.16. The molecule has 0 aliphatic rings. The summed E-state index contributed by atoms with van der Waals surface area (Å²) in [4.78, 5) is 0. The van der Waals surface area contributed by atoms with Crippen molar-refractivity contribution in [1.29, 1.82) is 0 Å². The molecule has 0 spiro atoms. The molecule has 1 aromatic carbocycles. The summed E-state index contributed by atoms with van der Waals surface area (Å²) in [5.74, 6) is 1.86. The maximum absolute atomic E-state index is 5.31. The SMILES string of the molecule is COc1cc(CNCC(OC)OC)cc(OC)c1OC. The lowest BCUT2D eigenvalue weighted by molar-refractivity contribution is -0.0989. The van der Waals surface area contributed by atoms with Crippen LogP contribution in [0.25, 0.3) is 0 Å². The average molecular weight is 285 g/mol. The predicted octanol–water partition coefficient (Wildman–Crippen LogP) is 1.42. The Balaban J connectivity index is 2.75. The van der Waals surface area contributed by atoms with Gasteiger partial charge in [-0.15, -0.1) is 0 Å². The zero-order valence-corrected chi connectivity index (χ0v) is 12.7. The Bertz CT molecular complexity index is 382. The minimum atomic E-state index is -0.267. The first-order valence-corrected chi connectivity index (χ1v) is 6.25. The van der Waals surface area contributed by atoms with Crippen molar-refractivity contribution in [2.45, 2.75) is 12.8 Å². The molecule has 0 unspecified atom stereocenters. The highest BCUT2D eigenvalue weighted by atomic mass is 16.7. The molecule has 0 atom stereocenters. The normalized spacial score (nSPS) is 10.7. The molecule has 114 valence electrons. The molecule has 0 aliphatic heterocycles. The Morgan fingerprint density at radius 2 is 1.45 bits per heavy atom. The topological polar surface area (TPSA) is 58.2 Å². The number of rotatable bonds is 9. The van der Waals surface area contributed by atoms with Crippen LogP contribution in [0, 0.1) is 0 Å². The first-order valence-electron chi connectivity index (χ1n) is 6.25. The van der Waals surface area contributed by atoms with Crippen LogP contribution in [0.1, 0.15) is 5.56 Å². The van der Waals surface area contributed by atoms with E-state index >= 15 is 0 Å². The van der Waals surface area contributed by atoms with Crippen LogP contribution in [0.3, 0.4) is 0 Å². The van der Waals surface area contributed by atoms with Crippen LogP contribution < -0.4 is 19.5 Å². The van der Waals surface area contributed by atoms with E-state index in [1.165, 1.54) is 0 Å². The molecule has 20 heavy (non-hydrogen) atoms. The van der Waals surface area contributed by atoms with Gasteiger partial charge in [-0.05, 0) is 17.7 Å². The van der Waals surface area contributed by atoms with Gasteiger partial charge in [0.05, 0.1) is 21.3 Å². The first-order chi connectivity index (χ1) is 9.69. The molecule has 0 aromatic heterocycles. The maximum atomic E-state index is 5.31. The van der Waals surface area contributed by atoms with Crippen LogP contribution in [-0.2, 0) is 16.0 Å². The van der Waals surface area contributed by atoms with Gasteiger partial charge in [0.2, 0.25) is 5.75 Å². The summed E-state index contributed by atoms with van der Waals surface area (Å²) in [5, 5.41) is 3.24. The van der Waals surface area contributed by atoms with Crippen LogP contribution in [0.2, 0.25) is 0 Å². The summed E-state index contributed by atoms with van der Waals surface area (Å²) in [6.45, 7) is 1.23. The Morgan fingerprint density at radius 1 is 0.900 bits per heavy atom. The number of ether oxygens (including phenoxy) is 5. The van der Waals surface area contributed by atoms with Crippen molar-refractivity contribution < 1.29 is 23.7 Å². The molecule has 1 aromatic rings. The van der Waals surface area contributed by atoms with Crippen LogP contribution >= 0.6 is 0 Å². The molecule has 6 heteroatoms. The zero-order chi connectivity index (χ0) is 15.0. The van der Waals surface area contributed by atoms with Gasteiger partial charge in [-0.2, -0.15) is 0 Å². The zero-order valence-electron chi connectivity index (χ0n) is 12.7. The Labute approximate surface area is 119 Å². The van der Waals surface area contributed by atoms with Gasteiger partial charge < -0.3 is 29.0 Å². The molecular formula is C14H23NO5. The van der Waals surface area contributed by atoms with Crippen LogP contribution in [0.15, 0.2) is 12.1 Å². The molecule has 1 N–H and O–H groups in total. The van der Waals surface area contributed by atoms with Crippen molar-refractivity contribution in [1.82, 2.24) is 5.32 Å². The van der Waals surface area contributed by atoms with Gasteiger partial charge >= 0.3 is 0 Å². The monoisotopic (exact) mass is 285 g/mol. The van der Waals surface area contributed by atoms with Gasteiger partial charge in [0.15, 0.2) is 17.8 Å². The van der Waals surface area contributed by atoms with Crippen molar-refractivity contribution >= 4 is 0 Å². The average Bonchev–Trinajstić information content (AvgIpc) is 2.50. The van der Waals surface area contributed by atoms with Crippen molar-refractivity contribution in [2.24, 2.45) is 0 Å². The number of benzene rings is 1. The fourth-order valence-electron chi connectivity index (χ4n) is 1.83. The second kappa shape index (κ2) is 8.63. The summed E-state index contributed by atoms with van der Waals surface area (Å²) in [7, 11) is 7.99. The van der Waals surface area contributed by atoms with Crippen molar-refractivity contribution in [2.75, 3.05) is 42.1 Å². The highest BCUT2D eigenvalue weighted by Crippen LogP contribution is 2.38. The third kappa shape index (κ3) is 4.26. The van der Waals surface area contributed by atoms with E-state index in [9.17, 15) is 0 Å². The molecule has 0 radical (unpaired) electrons. The summed E-state index contributed by atoms with van der Waals surface area (Å²) < 4.78 is 26.1. The highest BCUT2D eigenvalue weighted by Gasteiger charge is 2.13. The molecule has 0 amide bonds. The van der Waals surface area contributed by atoms with Gasteiger partial charge in [-0.3, -0.25) is 0 Å². The lowest BCUT2D eigenvalue weighted by Crippen LogP contribution is -2.29. The molecular weight excluding hydrogens is 262 g/mol. The summed E-state index contributed by atoms with van der Waals surface area (Å²) in [6.07, 6.45) is -0.267. The molecule has 0 aliphatic carbocycles. The Hall–Kier alpha value is -1.50. The van der Waals surface area contributed by atoms with Crippen LogP contribution in [0.5, 0.6) is 17.2 Å². The Kier molecular flexibility index (Phi) is 7.14. The molecule has 0 heterocycles. The van der Waals surface area contributed by atoms with Crippen molar-refractivity contribution in [3.8, 4) is 17.2 Å². The van der Waals surface area contributed by atoms with Gasteiger partial charge in [0, 0.05) is 27.3 Å². The van der Waals surface area contributed by atoms with E-state index < -0.39 is 0 Å². The smallest absolute Gasteiger partial charge is 0.203 e. The van der Waals surface area contributed by atoms with Gasteiger partial charge in [0.1, 0.15) is 0 Å². The third-order valence-electron chi connectivity index (χ3n) is 2.89. The molecule has 0 fully saturated rings. The molecule has 0 saturated carbocycles. The fourth-order valence-corrected chi connectivity index (χ4v) is 1.83. The van der Waals surface area contributed by atoms with Gasteiger partial charge in [-0.25, -0.2) is 0 Å². The minimum absolute atomic E-state index is 0.267. The number of nitrogens with one attached hydrogen (secondary N) is 1.